The van der Waals surface area contributed by atoms with Crippen LogP contribution in [0.4, 0.5) is 17.6 Å². The van der Waals surface area contributed by atoms with E-state index in [1.165, 1.54) is 18.3 Å². The van der Waals surface area contributed by atoms with Gasteiger partial charge in [-0.25, -0.2) is 9.07 Å². The van der Waals surface area contributed by atoms with E-state index in [2.05, 4.69) is 5.10 Å². The van der Waals surface area contributed by atoms with Gasteiger partial charge in [-0.2, -0.15) is 18.3 Å². The number of hydrogen-bond donors (Lipinski definition) is 1. The molecule has 134 valence electrons. The molecule has 0 saturated carbocycles. The lowest BCUT2D eigenvalue weighted by molar-refractivity contribution is -0.211. The molecule has 5 nitrogen and oxygen atoms in total. The molecule has 0 fully saturated rings. The minimum Gasteiger partial charge on any atom is -0.376 e. The van der Waals surface area contributed by atoms with E-state index in [0.29, 0.717) is 11.3 Å². The molecule has 2 aromatic rings. The number of aromatic nitrogens is 2. The zero-order valence-corrected chi connectivity index (χ0v) is 13.2. The van der Waals surface area contributed by atoms with Crippen molar-refractivity contribution < 1.29 is 27.5 Å². The van der Waals surface area contributed by atoms with Crippen molar-refractivity contribution in [2.75, 3.05) is 6.54 Å². The molecule has 2 heterocycles. The average molecular weight is 357 g/mol. The van der Waals surface area contributed by atoms with Crippen LogP contribution in [0.3, 0.4) is 0 Å². The number of amides is 1. The van der Waals surface area contributed by atoms with E-state index in [1.807, 2.05) is 0 Å². The third-order valence-corrected chi connectivity index (χ3v) is 4.14. The second-order valence-corrected chi connectivity index (χ2v) is 6.01. The predicted octanol–water partition coefficient (Wildman–Crippen LogP) is 2.38. The van der Waals surface area contributed by atoms with Crippen molar-refractivity contribution in [3.8, 4) is 5.69 Å². The minimum atomic E-state index is -5.00. The Kier molecular flexibility index (Phi) is 4.28. The first-order chi connectivity index (χ1) is 11.7. The number of aliphatic hydroxyl groups is 1. The Balaban J connectivity index is 1.88. The highest BCUT2D eigenvalue weighted by Crippen LogP contribution is 2.31. The van der Waals surface area contributed by atoms with E-state index in [4.69, 9.17) is 0 Å². The van der Waals surface area contributed by atoms with Crippen LogP contribution in [-0.4, -0.2) is 44.5 Å². The highest BCUT2D eigenvalue weighted by molar-refractivity contribution is 5.81. The standard InChI is InChI=1S/C16H15F4N3O2/c1-9-7-22(15(25)14(24)16(18,19)20)8-10-6-21-23(13(9)10)12-4-2-11(17)3-5-12/h2-6,9,14,24H,7-8H2,1H3. The minimum absolute atomic E-state index is 0.0197. The molecule has 1 amide bonds. The van der Waals surface area contributed by atoms with E-state index in [-0.39, 0.29) is 19.0 Å². The molecule has 1 aromatic carbocycles. The number of aliphatic hydroxyl groups excluding tert-OH is 1. The summed E-state index contributed by atoms with van der Waals surface area (Å²) in [5.41, 5.74) is 1.95. The molecule has 0 radical (unpaired) electrons. The number of nitrogens with zero attached hydrogens (tertiary/aromatic N) is 3. The van der Waals surface area contributed by atoms with Crippen molar-refractivity contribution >= 4 is 5.91 Å². The molecule has 25 heavy (non-hydrogen) atoms. The number of halogens is 4. The molecule has 1 N–H and O–H groups in total. The van der Waals surface area contributed by atoms with Crippen LogP contribution >= 0.6 is 0 Å². The monoisotopic (exact) mass is 357 g/mol. The maximum absolute atomic E-state index is 13.1. The van der Waals surface area contributed by atoms with Crippen molar-refractivity contribution in [1.82, 2.24) is 14.7 Å². The Morgan fingerprint density at radius 1 is 1.32 bits per heavy atom. The zero-order chi connectivity index (χ0) is 18.4. The molecule has 2 atom stereocenters. The summed E-state index contributed by atoms with van der Waals surface area (Å²) >= 11 is 0. The number of carbonyl (C=O) groups excluding carboxylic acids is 1. The summed E-state index contributed by atoms with van der Waals surface area (Å²) in [6, 6.07) is 5.65. The van der Waals surface area contributed by atoms with Gasteiger partial charge < -0.3 is 10.0 Å². The molecule has 1 aliphatic heterocycles. The van der Waals surface area contributed by atoms with Gasteiger partial charge in [0, 0.05) is 24.6 Å². The lowest BCUT2D eigenvalue weighted by atomic mass is 9.97. The van der Waals surface area contributed by atoms with Crippen LogP contribution in [-0.2, 0) is 11.3 Å². The second kappa shape index (κ2) is 6.14. The third kappa shape index (κ3) is 3.23. The summed E-state index contributed by atoms with van der Waals surface area (Å²) in [6.07, 6.45) is -6.57. The maximum Gasteiger partial charge on any atom is 0.423 e. The summed E-state index contributed by atoms with van der Waals surface area (Å²) < 4.78 is 52.3. The molecule has 0 saturated heterocycles. The Bertz CT molecular complexity index is 786. The molecule has 3 rings (SSSR count). The molecular weight excluding hydrogens is 342 g/mol. The van der Waals surface area contributed by atoms with Gasteiger partial charge in [-0.05, 0) is 24.3 Å². The maximum atomic E-state index is 13.1. The van der Waals surface area contributed by atoms with Gasteiger partial charge in [0.15, 0.2) is 0 Å². The van der Waals surface area contributed by atoms with Gasteiger partial charge in [0.2, 0.25) is 6.10 Å². The first-order valence-electron chi connectivity index (χ1n) is 7.54. The molecule has 1 aromatic heterocycles. The molecule has 2 unspecified atom stereocenters. The highest BCUT2D eigenvalue weighted by Gasteiger charge is 2.46. The molecule has 0 bridgehead atoms. The van der Waals surface area contributed by atoms with Crippen LogP contribution in [0.5, 0.6) is 0 Å². The number of hydrogen-bond acceptors (Lipinski definition) is 3. The van der Waals surface area contributed by atoms with Crippen LogP contribution in [0.2, 0.25) is 0 Å². The van der Waals surface area contributed by atoms with Crippen molar-refractivity contribution in [1.29, 1.82) is 0 Å². The first-order valence-corrected chi connectivity index (χ1v) is 7.54. The topological polar surface area (TPSA) is 58.4 Å². The third-order valence-electron chi connectivity index (χ3n) is 4.14. The van der Waals surface area contributed by atoms with Gasteiger partial charge in [0.1, 0.15) is 5.82 Å². The summed E-state index contributed by atoms with van der Waals surface area (Å²) in [6.45, 7) is 1.69. The van der Waals surface area contributed by atoms with E-state index < -0.39 is 24.0 Å². The summed E-state index contributed by atoms with van der Waals surface area (Å²) in [5.74, 6) is -2.07. The average Bonchev–Trinajstić information content (AvgIpc) is 2.98. The Morgan fingerprint density at radius 3 is 2.56 bits per heavy atom. The number of alkyl halides is 3. The molecule has 1 aliphatic rings. The lowest BCUT2D eigenvalue weighted by Crippen LogP contribution is -2.48. The summed E-state index contributed by atoms with van der Waals surface area (Å²) in [7, 11) is 0. The molecule has 0 spiro atoms. The van der Waals surface area contributed by atoms with E-state index in [0.717, 1.165) is 10.6 Å². The lowest BCUT2D eigenvalue weighted by Gasteiger charge is -2.33. The molecule has 0 aliphatic carbocycles. The fourth-order valence-corrected chi connectivity index (χ4v) is 2.99. The fraction of sp³-hybridized carbons (Fsp3) is 0.375. The Hall–Kier alpha value is -2.42. The van der Waals surface area contributed by atoms with Crippen molar-refractivity contribution in [3.63, 3.8) is 0 Å². The first kappa shape index (κ1) is 17.4. The van der Waals surface area contributed by atoms with Gasteiger partial charge in [0.05, 0.1) is 17.6 Å². The smallest absolute Gasteiger partial charge is 0.376 e. The van der Waals surface area contributed by atoms with Crippen LogP contribution in [0.1, 0.15) is 24.1 Å². The quantitative estimate of drug-likeness (QED) is 0.840. The highest BCUT2D eigenvalue weighted by atomic mass is 19.4. The number of rotatable bonds is 2. The van der Waals surface area contributed by atoms with Gasteiger partial charge >= 0.3 is 6.18 Å². The van der Waals surface area contributed by atoms with Crippen molar-refractivity contribution in [2.24, 2.45) is 0 Å². The fourth-order valence-electron chi connectivity index (χ4n) is 2.99. The van der Waals surface area contributed by atoms with Gasteiger partial charge in [-0.15, -0.1) is 0 Å². The normalized spacial score (nSPS) is 18.8. The zero-order valence-electron chi connectivity index (χ0n) is 13.2. The Labute approximate surface area is 140 Å². The van der Waals surface area contributed by atoms with Gasteiger partial charge in [-0.1, -0.05) is 6.92 Å². The number of fused-ring (bicyclic) bond motifs is 1. The van der Waals surface area contributed by atoms with Crippen molar-refractivity contribution in [2.45, 2.75) is 31.7 Å². The number of benzene rings is 1. The second-order valence-electron chi connectivity index (χ2n) is 6.01. The molecular formula is C16H15F4N3O2. The van der Waals surface area contributed by atoms with E-state index in [9.17, 15) is 27.5 Å². The van der Waals surface area contributed by atoms with E-state index in [1.54, 1.807) is 23.7 Å². The van der Waals surface area contributed by atoms with Crippen LogP contribution in [0.25, 0.3) is 5.69 Å². The van der Waals surface area contributed by atoms with Gasteiger partial charge in [0.25, 0.3) is 5.91 Å². The SMILES string of the molecule is CC1CN(C(=O)C(O)C(F)(F)F)Cc2cnn(-c3ccc(F)cc3)c21. The van der Waals surface area contributed by atoms with E-state index >= 15 is 0 Å². The van der Waals surface area contributed by atoms with Crippen molar-refractivity contribution in [3.05, 3.63) is 47.5 Å². The predicted molar refractivity (Wildman–Crippen MR) is 79.4 cm³/mol. The number of carbonyl (C=O) groups is 1. The Morgan fingerprint density at radius 2 is 1.96 bits per heavy atom. The summed E-state index contributed by atoms with van der Waals surface area (Å²) in [4.78, 5) is 12.9. The van der Waals surface area contributed by atoms with Crippen LogP contribution < -0.4 is 0 Å². The van der Waals surface area contributed by atoms with Crippen LogP contribution in [0.15, 0.2) is 30.5 Å². The largest absolute Gasteiger partial charge is 0.423 e. The van der Waals surface area contributed by atoms with Crippen LogP contribution in [0, 0.1) is 5.82 Å². The molecule has 9 heteroatoms. The summed E-state index contributed by atoms with van der Waals surface area (Å²) in [5, 5.41) is 13.4. The van der Waals surface area contributed by atoms with Gasteiger partial charge in [-0.3, -0.25) is 4.79 Å².